The van der Waals surface area contributed by atoms with Gasteiger partial charge >= 0.3 is 0 Å². The average molecular weight is 235 g/mol. The number of nitrogens with zero attached hydrogens (tertiary/aromatic N) is 2. The first-order valence-electron chi connectivity index (χ1n) is 6.55. The molecule has 0 aromatic carbocycles. The van der Waals surface area contributed by atoms with Gasteiger partial charge in [0.1, 0.15) is 0 Å². The summed E-state index contributed by atoms with van der Waals surface area (Å²) in [6.07, 6.45) is 3.63. The fourth-order valence-corrected chi connectivity index (χ4v) is 2.75. The molecule has 1 atom stereocenters. The summed E-state index contributed by atoms with van der Waals surface area (Å²) in [5, 5.41) is 3.35. The molecule has 1 N–H and O–H groups in total. The maximum Gasteiger partial charge on any atom is 0.0950 e. The second-order valence-corrected chi connectivity index (χ2v) is 5.12. The van der Waals surface area contributed by atoms with Crippen molar-refractivity contribution in [2.45, 2.75) is 19.0 Å². The first-order chi connectivity index (χ1) is 8.34. The van der Waals surface area contributed by atoms with Crippen molar-refractivity contribution in [1.29, 1.82) is 0 Å². The molecule has 2 aliphatic rings. The van der Waals surface area contributed by atoms with Crippen molar-refractivity contribution in [3.8, 4) is 0 Å². The third-order valence-corrected chi connectivity index (χ3v) is 4.20. The highest BCUT2D eigenvalue weighted by atomic mass is 16.3. The molecule has 2 saturated heterocycles. The van der Waals surface area contributed by atoms with Gasteiger partial charge in [0.2, 0.25) is 0 Å². The summed E-state index contributed by atoms with van der Waals surface area (Å²) in [5.41, 5.74) is 1.30. The number of rotatable bonds is 3. The first kappa shape index (κ1) is 11.3. The maximum absolute atomic E-state index is 5.17. The zero-order valence-electron chi connectivity index (χ0n) is 10.4. The molecule has 17 heavy (non-hydrogen) atoms. The molecule has 0 amide bonds. The van der Waals surface area contributed by atoms with E-state index in [0.29, 0.717) is 6.04 Å². The maximum atomic E-state index is 5.17. The van der Waals surface area contributed by atoms with Gasteiger partial charge in [0, 0.05) is 56.9 Å². The van der Waals surface area contributed by atoms with E-state index in [4.69, 9.17) is 4.42 Å². The van der Waals surface area contributed by atoms with Gasteiger partial charge in [0.15, 0.2) is 0 Å². The topological polar surface area (TPSA) is 31.7 Å². The minimum absolute atomic E-state index is 0.482. The van der Waals surface area contributed by atoms with E-state index < -0.39 is 0 Å². The molecule has 3 heterocycles. The highest BCUT2D eigenvalue weighted by molar-refractivity contribution is 5.11. The monoisotopic (exact) mass is 235 g/mol. The van der Waals surface area contributed by atoms with Crippen LogP contribution in [0, 0.1) is 0 Å². The van der Waals surface area contributed by atoms with Gasteiger partial charge < -0.3 is 9.73 Å². The van der Waals surface area contributed by atoms with E-state index in [2.05, 4.69) is 28.1 Å². The van der Waals surface area contributed by atoms with Gasteiger partial charge in [-0.25, -0.2) is 0 Å². The van der Waals surface area contributed by atoms with Crippen LogP contribution in [0.4, 0.5) is 0 Å². The van der Waals surface area contributed by atoms with Crippen LogP contribution in [-0.2, 0) is 0 Å². The van der Waals surface area contributed by atoms with Crippen LogP contribution in [0.15, 0.2) is 23.0 Å². The molecule has 2 aliphatic heterocycles. The average Bonchev–Trinajstić information content (AvgIpc) is 2.80. The smallest absolute Gasteiger partial charge is 0.0950 e. The molecular weight excluding hydrogens is 214 g/mol. The largest absolute Gasteiger partial charge is 0.472 e. The molecule has 2 fully saturated rings. The van der Waals surface area contributed by atoms with E-state index in [9.17, 15) is 0 Å². The highest BCUT2D eigenvalue weighted by Crippen LogP contribution is 2.22. The Morgan fingerprint density at radius 3 is 2.59 bits per heavy atom. The van der Waals surface area contributed by atoms with Crippen LogP contribution in [0.3, 0.4) is 0 Å². The van der Waals surface area contributed by atoms with E-state index in [1.807, 2.05) is 6.26 Å². The van der Waals surface area contributed by atoms with E-state index in [1.165, 1.54) is 44.8 Å². The third kappa shape index (κ3) is 2.25. The summed E-state index contributed by atoms with van der Waals surface area (Å²) >= 11 is 0. The molecule has 3 rings (SSSR count). The molecule has 0 saturated carbocycles. The summed E-state index contributed by atoms with van der Waals surface area (Å²) in [5.74, 6) is 0. The second-order valence-electron chi connectivity index (χ2n) is 5.12. The Hall–Kier alpha value is -0.840. The van der Waals surface area contributed by atoms with Crippen LogP contribution < -0.4 is 5.32 Å². The van der Waals surface area contributed by atoms with E-state index in [1.54, 1.807) is 6.26 Å². The number of hydrogen-bond acceptors (Lipinski definition) is 4. The molecule has 1 unspecified atom stereocenters. The predicted molar refractivity (Wildman–Crippen MR) is 66.9 cm³/mol. The normalized spacial score (nSPS) is 25.7. The van der Waals surface area contributed by atoms with Crippen LogP contribution in [0.2, 0.25) is 0 Å². The van der Waals surface area contributed by atoms with Crippen molar-refractivity contribution in [2.75, 3.05) is 39.3 Å². The minimum atomic E-state index is 0.482. The van der Waals surface area contributed by atoms with Crippen LogP contribution in [-0.4, -0.2) is 55.1 Å². The molecule has 0 radical (unpaired) electrons. The lowest BCUT2D eigenvalue weighted by Crippen LogP contribution is -2.61. The van der Waals surface area contributed by atoms with Gasteiger partial charge in [-0.1, -0.05) is 0 Å². The van der Waals surface area contributed by atoms with Crippen molar-refractivity contribution in [1.82, 2.24) is 15.1 Å². The number of furan rings is 1. The predicted octanol–water partition coefficient (Wildman–Crippen LogP) is 0.930. The fraction of sp³-hybridized carbons (Fsp3) is 0.692. The Bertz CT molecular complexity index is 340. The van der Waals surface area contributed by atoms with Gasteiger partial charge in [0.25, 0.3) is 0 Å². The minimum Gasteiger partial charge on any atom is -0.472 e. The van der Waals surface area contributed by atoms with Crippen molar-refractivity contribution < 1.29 is 4.42 Å². The SMILES string of the molecule is CC(c1ccoc1)N1CCN(C2CNC2)CC1. The van der Waals surface area contributed by atoms with Crippen molar-refractivity contribution >= 4 is 0 Å². The molecule has 0 aliphatic carbocycles. The van der Waals surface area contributed by atoms with Gasteiger partial charge in [0.05, 0.1) is 12.5 Å². The van der Waals surface area contributed by atoms with Gasteiger partial charge in [-0.3, -0.25) is 9.80 Å². The Labute approximate surface area is 103 Å². The number of nitrogens with one attached hydrogen (secondary N) is 1. The lowest BCUT2D eigenvalue weighted by Gasteiger charge is -2.44. The molecule has 94 valence electrons. The van der Waals surface area contributed by atoms with Gasteiger partial charge in [-0.2, -0.15) is 0 Å². The van der Waals surface area contributed by atoms with Crippen molar-refractivity contribution in [2.24, 2.45) is 0 Å². The summed E-state index contributed by atoms with van der Waals surface area (Å²) in [6.45, 7) is 9.37. The Balaban J connectivity index is 1.54. The Kier molecular flexibility index (Phi) is 3.18. The molecule has 0 spiro atoms. The molecule has 4 heteroatoms. The Morgan fingerprint density at radius 2 is 2.06 bits per heavy atom. The highest BCUT2D eigenvalue weighted by Gasteiger charge is 2.29. The fourth-order valence-electron chi connectivity index (χ4n) is 2.75. The molecular formula is C13H21N3O. The van der Waals surface area contributed by atoms with Crippen LogP contribution in [0.25, 0.3) is 0 Å². The standard InChI is InChI=1S/C13H21N3O/c1-11(12-2-7-17-10-12)15-3-5-16(6-4-15)13-8-14-9-13/h2,7,10-11,13-14H,3-6,8-9H2,1H3. The zero-order valence-corrected chi connectivity index (χ0v) is 10.4. The first-order valence-corrected chi connectivity index (χ1v) is 6.55. The van der Waals surface area contributed by atoms with Crippen molar-refractivity contribution in [3.05, 3.63) is 24.2 Å². The van der Waals surface area contributed by atoms with E-state index in [-0.39, 0.29) is 0 Å². The van der Waals surface area contributed by atoms with Gasteiger partial charge in [-0.15, -0.1) is 0 Å². The summed E-state index contributed by atoms with van der Waals surface area (Å²) in [6, 6.07) is 3.35. The quantitative estimate of drug-likeness (QED) is 0.844. The summed E-state index contributed by atoms with van der Waals surface area (Å²) in [7, 11) is 0. The number of piperazine rings is 1. The summed E-state index contributed by atoms with van der Waals surface area (Å²) < 4.78 is 5.17. The molecule has 1 aromatic rings. The van der Waals surface area contributed by atoms with Gasteiger partial charge in [-0.05, 0) is 13.0 Å². The molecule has 1 aromatic heterocycles. The van der Waals surface area contributed by atoms with Crippen molar-refractivity contribution in [3.63, 3.8) is 0 Å². The molecule has 4 nitrogen and oxygen atoms in total. The molecule has 0 bridgehead atoms. The van der Waals surface area contributed by atoms with Crippen LogP contribution in [0.5, 0.6) is 0 Å². The van der Waals surface area contributed by atoms with Crippen LogP contribution >= 0.6 is 0 Å². The second kappa shape index (κ2) is 4.80. The lowest BCUT2D eigenvalue weighted by atomic mass is 10.1. The lowest BCUT2D eigenvalue weighted by molar-refractivity contribution is 0.0551. The third-order valence-electron chi connectivity index (χ3n) is 4.20. The summed E-state index contributed by atoms with van der Waals surface area (Å²) in [4.78, 5) is 5.17. The zero-order chi connectivity index (χ0) is 11.7. The van der Waals surface area contributed by atoms with E-state index in [0.717, 1.165) is 6.04 Å². The number of hydrogen-bond donors (Lipinski definition) is 1. The van der Waals surface area contributed by atoms with E-state index >= 15 is 0 Å². The van der Waals surface area contributed by atoms with Crippen LogP contribution in [0.1, 0.15) is 18.5 Å². The Morgan fingerprint density at radius 1 is 1.29 bits per heavy atom.